The molecule has 7 heteroatoms. The monoisotopic (exact) mass is 355 g/mol. The van der Waals surface area contributed by atoms with Crippen LogP contribution in [0.5, 0.6) is 0 Å². The van der Waals surface area contributed by atoms with Crippen LogP contribution in [-0.4, -0.2) is 44.4 Å². The maximum Gasteiger partial charge on any atom is 0.271 e. The molecule has 1 N–H and O–H groups in total. The molecule has 136 valence electrons. The molecule has 0 atom stereocenters. The first-order valence-electron chi connectivity index (χ1n) is 8.50. The largest absolute Gasteiger partial charge is 0.340 e. The second kappa shape index (κ2) is 7.51. The molecule has 6 nitrogen and oxygen atoms in total. The van der Waals surface area contributed by atoms with E-state index < -0.39 is 0 Å². The maximum absolute atomic E-state index is 13.3. The summed E-state index contributed by atoms with van der Waals surface area (Å²) < 4.78 is 14.9. The van der Waals surface area contributed by atoms with Crippen LogP contribution in [0.3, 0.4) is 0 Å². The van der Waals surface area contributed by atoms with Crippen LogP contribution in [0.4, 0.5) is 4.39 Å². The molecule has 26 heavy (non-hydrogen) atoms. The molecule has 0 bridgehead atoms. The summed E-state index contributed by atoms with van der Waals surface area (Å²) in [6.07, 6.45) is 1.55. The zero-order valence-corrected chi connectivity index (χ0v) is 15.2. The molecule has 0 unspecified atom stereocenters. The molecule has 2 heterocycles. The minimum atomic E-state index is -0.280. The number of aromatic nitrogens is 4. The Hall–Kier alpha value is -2.96. The average Bonchev–Trinajstić information content (AvgIpc) is 3.20. The topological polar surface area (TPSA) is 66.8 Å². The number of carbonyl (C=O) groups excluding carboxylic acids is 1. The molecule has 3 aromatic rings. The zero-order valence-electron chi connectivity index (χ0n) is 15.2. The van der Waals surface area contributed by atoms with Gasteiger partial charge in [-0.1, -0.05) is 12.1 Å². The smallest absolute Gasteiger partial charge is 0.271 e. The lowest BCUT2D eigenvalue weighted by Gasteiger charge is -2.16. The van der Waals surface area contributed by atoms with Gasteiger partial charge in [-0.3, -0.25) is 14.6 Å². The van der Waals surface area contributed by atoms with Crippen LogP contribution in [0, 0.1) is 12.7 Å². The van der Waals surface area contributed by atoms with Gasteiger partial charge in [0.05, 0.1) is 11.4 Å². The maximum atomic E-state index is 13.3. The van der Waals surface area contributed by atoms with Crippen LogP contribution >= 0.6 is 0 Å². The molecular formula is C19H22FN5O. The van der Waals surface area contributed by atoms with Crippen molar-refractivity contribution in [3.05, 3.63) is 59.3 Å². The number of aromatic amines is 1. The third kappa shape index (κ3) is 3.99. The van der Waals surface area contributed by atoms with E-state index in [1.54, 1.807) is 35.8 Å². The molecule has 3 rings (SSSR count). The Balaban J connectivity index is 1.55. The van der Waals surface area contributed by atoms with E-state index in [0.717, 1.165) is 29.8 Å². The van der Waals surface area contributed by atoms with Crippen LogP contribution in [0.2, 0.25) is 0 Å². The van der Waals surface area contributed by atoms with E-state index in [-0.39, 0.29) is 11.7 Å². The highest BCUT2D eigenvalue weighted by atomic mass is 19.1. The van der Waals surface area contributed by atoms with Gasteiger partial charge in [-0.2, -0.15) is 10.2 Å². The Bertz CT molecular complexity index is 914. The number of nitrogens with zero attached hydrogens (tertiary/aromatic N) is 4. The first-order valence-corrected chi connectivity index (χ1v) is 8.50. The number of carbonyl (C=O) groups is 1. The predicted molar refractivity (Wildman–Crippen MR) is 97.2 cm³/mol. The Morgan fingerprint density at radius 2 is 2.12 bits per heavy atom. The highest BCUT2D eigenvalue weighted by Gasteiger charge is 2.16. The number of rotatable bonds is 6. The summed E-state index contributed by atoms with van der Waals surface area (Å²) in [6.45, 7) is 2.49. The van der Waals surface area contributed by atoms with E-state index in [4.69, 9.17) is 0 Å². The van der Waals surface area contributed by atoms with Crippen molar-refractivity contribution in [3.8, 4) is 11.3 Å². The van der Waals surface area contributed by atoms with E-state index in [0.29, 0.717) is 17.9 Å². The highest BCUT2D eigenvalue weighted by molar-refractivity contribution is 5.92. The van der Waals surface area contributed by atoms with Crippen molar-refractivity contribution in [2.24, 2.45) is 7.05 Å². The number of benzene rings is 1. The van der Waals surface area contributed by atoms with E-state index in [1.165, 1.54) is 12.1 Å². The molecule has 2 aromatic heterocycles. The van der Waals surface area contributed by atoms with Gasteiger partial charge in [0.15, 0.2) is 0 Å². The molecule has 0 spiro atoms. The summed E-state index contributed by atoms with van der Waals surface area (Å²) in [4.78, 5) is 14.1. The molecule has 0 saturated heterocycles. The first-order chi connectivity index (χ1) is 12.4. The molecule has 0 aliphatic rings. The van der Waals surface area contributed by atoms with Crippen molar-refractivity contribution >= 4 is 5.91 Å². The lowest BCUT2D eigenvalue weighted by molar-refractivity contribution is 0.0782. The minimum absolute atomic E-state index is 0.0434. The van der Waals surface area contributed by atoms with Gasteiger partial charge in [0.2, 0.25) is 0 Å². The van der Waals surface area contributed by atoms with Crippen molar-refractivity contribution < 1.29 is 9.18 Å². The van der Waals surface area contributed by atoms with Crippen molar-refractivity contribution in [1.82, 2.24) is 24.9 Å². The molecule has 0 radical (unpaired) electrons. The normalized spacial score (nSPS) is 10.9. The van der Waals surface area contributed by atoms with E-state index >= 15 is 0 Å². The summed E-state index contributed by atoms with van der Waals surface area (Å²) >= 11 is 0. The third-order valence-electron chi connectivity index (χ3n) is 4.26. The Morgan fingerprint density at radius 3 is 2.81 bits per heavy atom. The number of nitrogens with one attached hydrogen (secondary N) is 1. The van der Waals surface area contributed by atoms with Crippen LogP contribution in [0.1, 0.15) is 28.3 Å². The van der Waals surface area contributed by atoms with Gasteiger partial charge >= 0.3 is 0 Å². The Morgan fingerprint density at radius 1 is 1.31 bits per heavy atom. The second-order valence-electron chi connectivity index (χ2n) is 6.41. The number of aryl methyl sites for hydroxylation is 3. The van der Waals surface area contributed by atoms with Gasteiger partial charge in [-0.25, -0.2) is 4.39 Å². The minimum Gasteiger partial charge on any atom is -0.340 e. The van der Waals surface area contributed by atoms with Gasteiger partial charge < -0.3 is 4.90 Å². The quantitative estimate of drug-likeness (QED) is 0.739. The van der Waals surface area contributed by atoms with Gasteiger partial charge in [0, 0.05) is 31.9 Å². The van der Waals surface area contributed by atoms with Gasteiger partial charge in [0.1, 0.15) is 11.5 Å². The fraction of sp³-hybridized carbons (Fsp3) is 0.316. The summed E-state index contributed by atoms with van der Waals surface area (Å²) in [7, 11) is 3.56. The number of hydrogen-bond donors (Lipinski definition) is 1. The fourth-order valence-electron chi connectivity index (χ4n) is 2.90. The zero-order chi connectivity index (χ0) is 18.7. The SMILES string of the molecule is Cc1cc(C(=O)N(C)CCCc2cc(-c3cccc(F)c3)n[nH]2)n(C)n1. The number of halogens is 1. The standard InChI is InChI=1S/C19H22FN5O/c1-13-10-18(25(3)23-13)19(26)24(2)9-5-8-16-12-17(22-21-16)14-6-4-7-15(20)11-14/h4,6-7,10-12H,5,8-9H2,1-3H3,(H,21,22). The number of amides is 1. The van der Waals surface area contributed by atoms with Crippen molar-refractivity contribution in [2.75, 3.05) is 13.6 Å². The van der Waals surface area contributed by atoms with Crippen LogP contribution < -0.4 is 0 Å². The number of H-pyrrole nitrogens is 1. The molecule has 0 aliphatic carbocycles. The molecule has 0 fully saturated rings. The van der Waals surface area contributed by atoms with E-state index in [1.807, 2.05) is 19.1 Å². The van der Waals surface area contributed by atoms with Crippen molar-refractivity contribution in [1.29, 1.82) is 0 Å². The summed E-state index contributed by atoms with van der Waals surface area (Å²) in [5, 5.41) is 11.4. The molecule has 0 aliphatic heterocycles. The predicted octanol–water partition coefficient (Wildman–Crippen LogP) is 2.96. The first kappa shape index (κ1) is 17.8. The molecule has 1 amide bonds. The summed E-state index contributed by atoms with van der Waals surface area (Å²) in [6, 6.07) is 10.1. The van der Waals surface area contributed by atoms with E-state index in [9.17, 15) is 9.18 Å². The molecule has 0 saturated carbocycles. The lowest BCUT2D eigenvalue weighted by Crippen LogP contribution is -2.29. The summed E-state index contributed by atoms with van der Waals surface area (Å²) in [5.41, 5.74) is 3.83. The van der Waals surface area contributed by atoms with Crippen molar-refractivity contribution in [3.63, 3.8) is 0 Å². The Kier molecular flexibility index (Phi) is 5.16. The Labute approximate surface area is 151 Å². The number of hydrogen-bond acceptors (Lipinski definition) is 3. The fourth-order valence-corrected chi connectivity index (χ4v) is 2.90. The molecular weight excluding hydrogens is 333 g/mol. The van der Waals surface area contributed by atoms with E-state index in [2.05, 4.69) is 15.3 Å². The molecule has 1 aromatic carbocycles. The van der Waals surface area contributed by atoms with Crippen LogP contribution in [0.25, 0.3) is 11.3 Å². The van der Waals surface area contributed by atoms with Crippen LogP contribution in [0.15, 0.2) is 36.4 Å². The van der Waals surface area contributed by atoms with Gasteiger partial charge in [-0.15, -0.1) is 0 Å². The average molecular weight is 355 g/mol. The van der Waals surface area contributed by atoms with Crippen molar-refractivity contribution in [2.45, 2.75) is 19.8 Å². The third-order valence-corrected chi connectivity index (χ3v) is 4.26. The van der Waals surface area contributed by atoms with Gasteiger partial charge in [0.25, 0.3) is 5.91 Å². The lowest BCUT2D eigenvalue weighted by atomic mass is 10.1. The second-order valence-corrected chi connectivity index (χ2v) is 6.41. The van der Waals surface area contributed by atoms with Crippen LogP contribution in [-0.2, 0) is 13.5 Å². The highest BCUT2D eigenvalue weighted by Crippen LogP contribution is 2.19. The summed E-state index contributed by atoms with van der Waals surface area (Å²) in [5.74, 6) is -0.323. The van der Waals surface area contributed by atoms with Gasteiger partial charge in [-0.05, 0) is 44.0 Å².